The van der Waals surface area contributed by atoms with Crippen molar-refractivity contribution in [3.63, 3.8) is 0 Å². The summed E-state index contributed by atoms with van der Waals surface area (Å²) in [6.07, 6.45) is 0. The van der Waals surface area contributed by atoms with Gasteiger partial charge in [-0.2, -0.15) is 0 Å². The summed E-state index contributed by atoms with van der Waals surface area (Å²) in [5.41, 5.74) is 7.15. The van der Waals surface area contributed by atoms with Gasteiger partial charge in [-0.1, -0.05) is 27.5 Å². The van der Waals surface area contributed by atoms with Crippen LogP contribution in [-0.2, 0) is 10.0 Å². The van der Waals surface area contributed by atoms with Crippen LogP contribution in [0.5, 0.6) is 0 Å². The highest BCUT2D eigenvalue weighted by atomic mass is 79.9. The predicted octanol–water partition coefficient (Wildman–Crippen LogP) is 3.79. The number of hydrogen-bond acceptors (Lipinski definition) is 3. The number of sulfonamides is 1. The third-order valence-electron chi connectivity index (χ3n) is 2.56. The van der Waals surface area contributed by atoms with Crippen LogP contribution in [0, 0.1) is 6.92 Å². The molecule has 2 aromatic carbocycles. The minimum atomic E-state index is -3.73. The molecule has 0 atom stereocenters. The summed E-state index contributed by atoms with van der Waals surface area (Å²) in [5, 5.41) is 0.317. The van der Waals surface area contributed by atoms with Gasteiger partial charge in [-0.25, -0.2) is 8.42 Å². The van der Waals surface area contributed by atoms with Crippen molar-refractivity contribution in [3.8, 4) is 0 Å². The van der Waals surface area contributed by atoms with E-state index in [9.17, 15) is 8.42 Å². The monoisotopic (exact) mass is 374 g/mol. The van der Waals surface area contributed by atoms with Gasteiger partial charge in [0.15, 0.2) is 0 Å². The van der Waals surface area contributed by atoms with Crippen molar-refractivity contribution < 1.29 is 8.42 Å². The Morgan fingerprint density at radius 1 is 1.20 bits per heavy atom. The van der Waals surface area contributed by atoms with Crippen LogP contribution in [0.4, 0.5) is 11.4 Å². The molecule has 0 unspecified atom stereocenters. The van der Waals surface area contributed by atoms with Crippen molar-refractivity contribution in [3.05, 3.63) is 51.5 Å². The number of halogens is 2. The molecule has 106 valence electrons. The minimum Gasteiger partial charge on any atom is -0.399 e. The van der Waals surface area contributed by atoms with Gasteiger partial charge >= 0.3 is 0 Å². The molecule has 0 saturated heterocycles. The highest BCUT2D eigenvalue weighted by molar-refractivity contribution is 9.10. The topological polar surface area (TPSA) is 72.2 Å². The Labute approximate surface area is 131 Å². The lowest BCUT2D eigenvalue weighted by Crippen LogP contribution is -2.13. The van der Waals surface area contributed by atoms with Crippen LogP contribution in [0.15, 0.2) is 45.8 Å². The second-order valence-electron chi connectivity index (χ2n) is 4.31. The zero-order valence-electron chi connectivity index (χ0n) is 10.5. The number of nitrogens with one attached hydrogen (secondary N) is 1. The Balaban J connectivity index is 2.43. The molecule has 0 aliphatic heterocycles. The van der Waals surface area contributed by atoms with Crippen LogP contribution < -0.4 is 10.5 Å². The van der Waals surface area contributed by atoms with Crippen LogP contribution in [0.25, 0.3) is 0 Å². The molecule has 0 heterocycles. The van der Waals surface area contributed by atoms with Gasteiger partial charge in [0.1, 0.15) is 0 Å². The lowest BCUT2D eigenvalue weighted by atomic mass is 10.2. The number of anilines is 2. The van der Waals surface area contributed by atoms with E-state index in [0.717, 1.165) is 10.0 Å². The first kappa shape index (κ1) is 15.2. The van der Waals surface area contributed by atoms with E-state index in [2.05, 4.69) is 20.7 Å². The quantitative estimate of drug-likeness (QED) is 0.802. The Morgan fingerprint density at radius 2 is 1.90 bits per heavy atom. The molecule has 0 bridgehead atoms. The minimum absolute atomic E-state index is 0.103. The zero-order valence-corrected chi connectivity index (χ0v) is 13.7. The molecule has 0 fully saturated rings. The average molecular weight is 376 g/mol. The third-order valence-corrected chi connectivity index (χ3v) is 4.72. The molecule has 2 aromatic rings. The number of benzene rings is 2. The Morgan fingerprint density at radius 3 is 2.55 bits per heavy atom. The number of rotatable bonds is 3. The first-order valence-electron chi connectivity index (χ1n) is 5.63. The van der Waals surface area contributed by atoms with E-state index in [4.69, 9.17) is 17.3 Å². The molecule has 0 amide bonds. The molecule has 20 heavy (non-hydrogen) atoms. The van der Waals surface area contributed by atoms with Crippen molar-refractivity contribution in [2.45, 2.75) is 11.8 Å². The second kappa shape index (κ2) is 5.63. The van der Waals surface area contributed by atoms with Crippen LogP contribution >= 0.6 is 27.5 Å². The van der Waals surface area contributed by atoms with E-state index in [1.165, 1.54) is 6.07 Å². The van der Waals surface area contributed by atoms with Crippen LogP contribution in [0.2, 0.25) is 5.02 Å². The van der Waals surface area contributed by atoms with Crippen molar-refractivity contribution >= 4 is 48.9 Å². The molecule has 0 saturated carbocycles. The SMILES string of the molecule is Cc1cc(N)cc(S(=O)(=O)Nc2cc(Br)ccc2Cl)c1. The number of nitrogens with two attached hydrogens (primary N) is 1. The average Bonchev–Trinajstić information content (AvgIpc) is 2.32. The lowest BCUT2D eigenvalue weighted by Gasteiger charge is -2.11. The van der Waals surface area contributed by atoms with Crippen LogP contribution in [0.3, 0.4) is 0 Å². The van der Waals surface area contributed by atoms with Gasteiger partial charge in [0.05, 0.1) is 15.6 Å². The molecule has 7 heteroatoms. The number of nitrogen functional groups attached to an aromatic ring is 1. The van der Waals surface area contributed by atoms with Gasteiger partial charge in [0.2, 0.25) is 0 Å². The molecule has 4 nitrogen and oxygen atoms in total. The first-order chi connectivity index (χ1) is 9.28. The van der Waals surface area contributed by atoms with Crippen molar-refractivity contribution in [1.82, 2.24) is 0 Å². The fourth-order valence-corrected chi connectivity index (χ4v) is 3.50. The highest BCUT2D eigenvalue weighted by Gasteiger charge is 2.16. The Kier molecular flexibility index (Phi) is 4.27. The smallest absolute Gasteiger partial charge is 0.262 e. The second-order valence-corrected chi connectivity index (χ2v) is 7.31. The summed E-state index contributed by atoms with van der Waals surface area (Å²) < 4.78 is 27.8. The summed E-state index contributed by atoms with van der Waals surface area (Å²) in [6, 6.07) is 9.58. The molecule has 0 spiro atoms. The highest BCUT2D eigenvalue weighted by Crippen LogP contribution is 2.28. The first-order valence-corrected chi connectivity index (χ1v) is 8.28. The normalized spacial score (nSPS) is 11.3. The maximum Gasteiger partial charge on any atom is 0.262 e. The lowest BCUT2D eigenvalue weighted by molar-refractivity contribution is 0.601. The third kappa shape index (κ3) is 3.45. The Hall–Kier alpha value is -1.24. The Bertz CT molecular complexity index is 743. The molecule has 0 aromatic heterocycles. The summed E-state index contributed by atoms with van der Waals surface area (Å²) in [7, 11) is -3.73. The zero-order chi connectivity index (χ0) is 14.9. The van der Waals surface area contributed by atoms with Crippen LogP contribution in [-0.4, -0.2) is 8.42 Å². The standard InChI is InChI=1S/C13H12BrClN2O2S/c1-8-4-10(16)7-11(5-8)20(18,19)17-13-6-9(14)2-3-12(13)15/h2-7,17H,16H2,1H3. The van der Waals surface area contributed by atoms with E-state index < -0.39 is 10.0 Å². The fourth-order valence-electron chi connectivity index (χ4n) is 1.71. The van der Waals surface area contributed by atoms with Crippen LogP contribution in [0.1, 0.15) is 5.56 Å². The van der Waals surface area contributed by atoms with E-state index in [-0.39, 0.29) is 4.90 Å². The molecule has 0 radical (unpaired) electrons. The molecule has 3 N–H and O–H groups in total. The molecule has 0 aliphatic carbocycles. The van der Waals surface area contributed by atoms with Crippen molar-refractivity contribution in [1.29, 1.82) is 0 Å². The van der Waals surface area contributed by atoms with E-state index in [1.807, 2.05) is 0 Å². The summed E-state index contributed by atoms with van der Waals surface area (Å²) in [6.45, 7) is 1.78. The van der Waals surface area contributed by atoms with E-state index >= 15 is 0 Å². The fraction of sp³-hybridized carbons (Fsp3) is 0.0769. The van der Waals surface area contributed by atoms with Gasteiger partial charge in [0, 0.05) is 10.2 Å². The summed E-state index contributed by atoms with van der Waals surface area (Å²) in [5.74, 6) is 0. The predicted molar refractivity (Wildman–Crippen MR) is 85.6 cm³/mol. The van der Waals surface area contributed by atoms with E-state index in [0.29, 0.717) is 16.4 Å². The van der Waals surface area contributed by atoms with Gasteiger partial charge in [-0.3, -0.25) is 4.72 Å². The largest absolute Gasteiger partial charge is 0.399 e. The number of hydrogen-bond donors (Lipinski definition) is 2. The molecule has 2 rings (SSSR count). The molecule has 0 aliphatic rings. The molecular weight excluding hydrogens is 364 g/mol. The summed E-state index contributed by atoms with van der Waals surface area (Å²) in [4.78, 5) is 0.103. The van der Waals surface area contributed by atoms with Gasteiger partial charge in [0.25, 0.3) is 10.0 Å². The number of aryl methyl sites for hydroxylation is 1. The van der Waals surface area contributed by atoms with Gasteiger partial charge in [-0.05, 0) is 48.9 Å². The van der Waals surface area contributed by atoms with Gasteiger partial charge < -0.3 is 5.73 Å². The van der Waals surface area contributed by atoms with E-state index in [1.54, 1.807) is 37.3 Å². The van der Waals surface area contributed by atoms with Crippen molar-refractivity contribution in [2.24, 2.45) is 0 Å². The van der Waals surface area contributed by atoms with Gasteiger partial charge in [-0.15, -0.1) is 0 Å². The van der Waals surface area contributed by atoms with Crippen molar-refractivity contribution in [2.75, 3.05) is 10.5 Å². The molecular formula is C13H12BrClN2O2S. The maximum absolute atomic E-state index is 12.3. The maximum atomic E-state index is 12.3. The summed E-state index contributed by atoms with van der Waals surface area (Å²) >= 11 is 9.25.